The minimum atomic E-state index is -4.02. The number of anilines is 1. The van der Waals surface area contributed by atoms with E-state index < -0.39 is 15.9 Å². The highest BCUT2D eigenvalue weighted by molar-refractivity contribution is 7.98. The summed E-state index contributed by atoms with van der Waals surface area (Å²) in [6.45, 7) is 1.68. The third kappa shape index (κ3) is 6.66. The van der Waals surface area contributed by atoms with Gasteiger partial charge in [0.1, 0.15) is 12.4 Å². The van der Waals surface area contributed by atoms with Crippen LogP contribution in [0.15, 0.2) is 71.6 Å². The molecule has 1 amide bonds. The van der Waals surface area contributed by atoms with Gasteiger partial charge in [0.15, 0.2) is 0 Å². The lowest BCUT2D eigenvalue weighted by molar-refractivity contribution is -0.119. The van der Waals surface area contributed by atoms with Crippen molar-refractivity contribution in [2.24, 2.45) is 0 Å². The maximum Gasteiger partial charge on any atom is 0.264 e. The summed E-state index contributed by atoms with van der Waals surface area (Å²) in [6, 6.07) is 17.3. The molecule has 0 radical (unpaired) electrons. The van der Waals surface area contributed by atoms with E-state index in [2.05, 4.69) is 5.32 Å². The second-order valence-corrected chi connectivity index (χ2v) is 11.2. The molecule has 0 fully saturated rings. The molecule has 0 bridgehead atoms. The van der Waals surface area contributed by atoms with Crippen molar-refractivity contribution in [1.29, 1.82) is 0 Å². The second kappa shape index (κ2) is 11.9. The number of amides is 1. The van der Waals surface area contributed by atoms with Crippen molar-refractivity contribution >= 4 is 56.6 Å². The van der Waals surface area contributed by atoms with Crippen molar-refractivity contribution in [1.82, 2.24) is 5.32 Å². The Hall–Kier alpha value is -2.26. The van der Waals surface area contributed by atoms with Gasteiger partial charge in [0, 0.05) is 33.7 Å². The van der Waals surface area contributed by atoms with Gasteiger partial charge in [-0.2, -0.15) is 11.8 Å². The fourth-order valence-corrected chi connectivity index (χ4v) is 5.98. The quantitative estimate of drug-likeness (QED) is 0.335. The van der Waals surface area contributed by atoms with Gasteiger partial charge in [0.05, 0.1) is 10.6 Å². The summed E-state index contributed by atoms with van der Waals surface area (Å²) in [5, 5.41) is 3.51. The number of benzene rings is 3. The van der Waals surface area contributed by atoms with E-state index in [1.807, 2.05) is 0 Å². The smallest absolute Gasteiger partial charge is 0.264 e. The highest BCUT2D eigenvalue weighted by Crippen LogP contribution is 2.27. The number of hydrogen-bond donors (Lipinski definition) is 1. The standard InChI is InChI=1S/C24H23Cl2FN2O3S2/c1-17-5-2-3-8-23(17)29(34(31,32)19-11-9-18(25)10-12-19)15-24(30)28-13-14-33-16-20-21(26)6-4-7-22(20)27/h2-12H,13-16H2,1H3,(H,28,30). The summed E-state index contributed by atoms with van der Waals surface area (Å²) in [7, 11) is -4.02. The first kappa shape index (κ1) is 26.3. The first-order chi connectivity index (χ1) is 16.2. The Bertz CT molecular complexity index is 1240. The summed E-state index contributed by atoms with van der Waals surface area (Å²) >= 11 is 13.3. The van der Waals surface area contributed by atoms with Crippen LogP contribution in [0.25, 0.3) is 0 Å². The predicted molar refractivity (Wildman–Crippen MR) is 138 cm³/mol. The van der Waals surface area contributed by atoms with Gasteiger partial charge in [-0.3, -0.25) is 9.10 Å². The van der Waals surface area contributed by atoms with E-state index in [0.29, 0.717) is 38.4 Å². The number of para-hydroxylation sites is 1. The fraction of sp³-hybridized carbons (Fsp3) is 0.208. The molecule has 0 aliphatic heterocycles. The van der Waals surface area contributed by atoms with Crippen LogP contribution in [0.1, 0.15) is 11.1 Å². The largest absolute Gasteiger partial charge is 0.354 e. The molecule has 1 N–H and O–H groups in total. The van der Waals surface area contributed by atoms with Crippen LogP contribution < -0.4 is 9.62 Å². The number of hydrogen-bond acceptors (Lipinski definition) is 4. The van der Waals surface area contributed by atoms with Gasteiger partial charge in [-0.15, -0.1) is 0 Å². The number of halogens is 3. The molecular formula is C24H23Cl2FN2O3S2. The second-order valence-electron chi connectivity index (χ2n) is 7.35. The maximum absolute atomic E-state index is 13.9. The minimum absolute atomic E-state index is 0.0327. The van der Waals surface area contributed by atoms with E-state index in [0.717, 1.165) is 4.31 Å². The molecular weight excluding hydrogens is 518 g/mol. The molecule has 34 heavy (non-hydrogen) atoms. The summed E-state index contributed by atoms with van der Waals surface area (Å²) in [5.74, 6) is 0.0439. The maximum atomic E-state index is 13.9. The Morgan fingerprint density at radius 1 is 1.03 bits per heavy atom. The highest BCUT2D eigenvalue weighted by atomic mass is 35.5. The highest BCUT2D eigenvalue weighted by Gasteiger charge is 2.28. The zero-order valence-corrected chi connectivity index (χ0v) is 21.4. The van der Waals surface area contributed by atoms with Crippen molar-refractivity contribution in [2.75, 3.05) is 23.1 Å². The number of nitrogens with one attached hydrogen (secondary N) is 1. The predicted octanol–water partition coefficient (Wildman–Crippen LogP) is 5.69. The van der Waals surface area contributed by atoms with Gasteiger partial charge in [-0.05, 0) is 55.0 Å². The van der Waals surface area contributed by atoms with Gasteiger partial charge in [-0.1, -0.05) is 47.5 Å². The van der Waals surface area contributed by atoms with Crippen LogP contribution in [0.3, 0.4) is 0 Å². The molecule has 0 spiro atoms. The topological polar surface area (TPSA) is 66.5 Å². The van der Waals surface area contributed by atoms with Gasteiger partial charge in [0.2, 0.25) is 5.91 Å². The van der Waals surface area contributed by atoms with E-state index >= 15 is 0 Å². The number of nitrogens with zero attached hydrogens (tertiary/aromatic N) is 1. The van der Waals surface area contributed by atoms with Crippen LogP contribution in [0.2, 0.25) is 10.0 Å². The van der Waals surface area contributed by atoms with Gasteiger partial charge in [0.25, 0.3) is 10.0 Å². The molecule has 0 heterocycles. The Morgan fingerprint density at radius 2 is 1.74 bits per heavy atom. The Morgan fingerprint density at radius 3 is 2.41 bits per heavy atom. The molecule has 0 unspecified atom stereocenters. The zero-order chi connectivity index (χ0) is 24.7. The lowest BCUT2D eigenvalue weighted by Gasteiger charge is -2.25. The van der Waals surface area contributed by atoms with Crippen molar-refractivity contribution in [3.8, 4) is 0 Å². The summed E-state index contributed by atoms with van der Waals surface area (Å²) in [5.41, 5.74) is 1.54. The van der Waals surface area contributed by atoms with E-state index in [4.69, 9.17) is 23.2 Å². The van der Waals surface area contributed by atoms with Crippen molar-refractivity contribution in [3.05, 3.63) is 93.7 Å². The molecule has 5 nitrogen and oxygen atoms in total. The van der Waals surface area contributed by atoms with Crippen molar-refractivity contribution in [3.63, 3.8) is 0 Å². The lowest BCUT2D eigenvalue weighted by Crippen LogP contribution is -2.41. The van der Waals surface area contributed by atoms with Gasteiger partial charge < -0.3 is 5.32 Å². The minimum Gasteiger partial charge on any atom is -0.354 e. The normalized spacial score (nSPS) is 11.3. The van der Waals surface area contributed by atoms with Crippen LogP contribution in [-0.4, -0.2) is 33.2 Å². The molecule has 3 rings (SSSR count). The van der Waals surface area contributed by atoms with Crippen LogP contribution in [0, 0.1) is 12.7 Å². The molecule has 3 aromatic carbocycles. The molecule has 180 valence electrons. The first-order valence-corrected chi connectivity index (χ1v) is 13.7. The number of rotatable bonds is 10. The van der Waals surface area contributed by atoms with E-state index in [1.54, 1.807) is 43.3 Å². The summed E-state index contributed by atoms with van der Waals surface area (Å²) in [6.07, 6.45) is 0. The van der Waals surface area contributed by atoms with Crippen LogP contribution in [0.5, 0.6) is 0 Å². The van der Waals surface area contributed by atoms with Crippen molar-refractivity contribution < 1.29 is 17.6 Å². The lowest BCUT2D eigenvalue weighted by atomic mass is 10.2. The molecule has 0 atom stereocenters. The van der Waals surface area contributed by atoms with Gasteiger partial charge >= 0.3 is 0 Å². The van der Waals surface area contributed by atoms with Crippen LogP contribution >= 0.6 is 35.0 Å². The number of thioether (sulfide) groups is 1. The number of carbonyl (C=O) groups is 1. The third-order valence-corrected chi connectivity index (χ3v) is 8.32. The average Bonchev–Trinajstić information content (AvgIpc) is 2.80. The Kier molecular flexibility index (Phi) is 9.24. The van der Waals surface area contributed by atoms with E-state index in [-0.39, 0.29) is 23.8 Å². The molecule has 0 saturated carbocycles. The zero-order valence-electron chi connectivity index (χ0n) is 18.3. The Balaban J connectivity index is 1.66. The first-order valence-electron chi connectivity index (χ1n) is 10.3. The summed E-state index contributed by atoms with van der Waals surface area (Å²) < 4.78 is 41.7. The molecule has 0 aromatic heterocycles. The van der Waals surface area contributed by atoms with Gasteiger partial charge in [-0.25, -0.2) is 12.8 Å². The Labute approximate surface area is 213 Å². The SMILES string of the molecule is Cc1ccccc1N(CC(=O)NCCSCc1c(F)cccc1Cl)S(=O)(=O)c1ccc(Cl)cc1. The number of carbonyl (C=O) groups excluding carboxylic acids is 1. The molecule has 3 aromatic rings. The van der Waals surface area contributed by atoms with E-state index in [1.165, 1.54) is 42.1 Å². The number of aryl methyl sites for hydroxylation is 1. The summed E-state index contributed by atoms with van der Waals surface area (Å²) in [4.78, 5) is 12.7. The monoisotopic (exact) mass is 540 g/mol. The number of sulfonamides is 1. The molecule has 0 aliphatic carbocycles. The van der Waals surface area contributed by atoms with E-state index in [9.17, 15) is 17.6 Å². The average molecular weight is 541 g/mol. The van der Waals surface area contributed by atoms with Crippen molar-refractivity contribution in [2.45, 2.75) is 17.6 Å². The van der Waals surface area contributed by atoms with Crippen LogP contribution in [0.4, 0.5) is 10.1 Å². The molecule has 10 heteroatoms. The molecule has 0 saturated heterocycles. The fourth-order valence-electron chi connectivity index (χ4n) is 3.17. The third-order valence-electron chi connectivity index (χ3n) is 4.95. The van der Waals surface area contributed by atoms with Crippen LogP contribution in [-0.2, 0) is 20.6 Å². The molecule has 0 aliphatic rings.